The summed E-state index contributed by atoms with van der Waals surface area (Å²) < 4.78 is 93.3. The molecule has 16 heteroatoms. The lowest BCUT2D eigenvalue weighted by Gasteiger charge is -2.53. The molecule has 8 nitrogen and oxygen atoms in total. The van der Waals surface area contributed by atoms with Gasteiger partial charge in [-0.25, -0.2) is 0 Å². The molecule has 2 saturated heterocycles. The van der Waals surface area contributed by atoms with Gasteiger partial charge in [0.2, 0.25) is 0 Å². The quantitative estimate of drug-likeness (QED) is 0.0778. The van der Waals surface area contributed by atoms with E-state index in [-0.39, 0.29) is 36.5 Å². The number of para-hydroxylation sites is 2. The fraction of sp³-hybridized carbons (Fsp3) is 0.370. The van der Waals surface area contributed by atoms with Crippen molar-refractivity contribution in [3.63, 3.8) is 0 Å². The molecule has 0 saturated carbocycles. The van der Waals surface area contributed by atoms with Crippen LogP contribution in [0.4, 0.5) is 26.3 Å². The molecule has 370 valence electrons. The zero-order valence-corrected chi connectivity index (χ0v) is 40.1. The van der Waals surface area contributed by atoms with Gasteiger partial charge in [-0.15, -0.1) is 0 Å². The number of piperidine rings is 2. The maximum Gasteiger partial charge on any atom is 0.419 e. The summed E-state index contributed by atoms with van der Waals surface area (Å²) in [7, 11) is 0. The van der Waals surface area contributed by atoms with E-state index >= 15 is 0 Å². The molecule has 0 aliphatic carbocycles. The van der Waals surface area contributed by atoms with Gasteiger partial charge in [-0.1, -0.05) is 83.9 Å². The predicted octanol–water partition coefficient (Wildman–Crippen LogP) is 11.8. The third kappa shape index (κ3) is 11.9. The van der Waals surface area contributed by atoms with Gasteiger partial charge in [-0.05, 0) is 161 Å². The van der Waals surface area contributed by atoms with Crippen molar-refractivity contribution < 1.29 is 35.8 Å². The van der Waals surface area contributed by atoms with E-state index in [1.54, 1.807) is 24.5 Å². The second-order valence-electron chi connectivity index (χ2n) is 18.0. The Labute approximate surface area is 415 Å². The number of ether oxygens (including phenoxy) is 2. The summed E-state index contributed by atoms with van der Waals surface area (Å²) in [6, 6.07) is 38.1. The van der Waals surface area contributed by atoms with E-state index in [0.717, 1.165) is 86.5 Å². The molecular weight excluding hydrogens is 950 g/mol. The lowest BCUT2D eigenvalue weighted by molar-refractivity contribution is -0.139. The van der Waals surface area contributed by atoms with Crippen molar-refractivity contribution in [2.24, 2.45) is 11.8 Å². The second-order valence-corrected chi connectivity index (χ2v) is 18.8. The Morgan fingerprint density at radius 3 is 1.19 bits per heavy atom. The number of aromatic nitrogens is 2. The Balaban J connectivity index is 1.07. The molecule has 0 radical (unpaired) electrons. The molecule has 2 aromatic heterocycles. The van der Waals surface area contributed by atoms with Crippen LogP contribution in [0, 0.1) is 11.8 Å². The van der Waals surface area contributed by atoms with Crippen molar-refractivity contribution in [3.05, 3.63) is 190 Å². The average molecular weight is 1010 g/mol. The normalized spacial score (nSPS) is 17.4. The Kier molecular flexibility index (Phi) is 16.7. The van der Waals surface area contributed by atoms with Gasteiger partial charge in [0.15, 0.2) is 0 Å². The molecule has 2 aliphatic rings. The van der Waals surface area contributed by atoms with Crippen LogP contribution < -0.4 is 20.1 Å². The van der Waals surface area contributed by atoms with E-state index in [1.165, 1.54) is 24.3 Å². The topological polar surface area (TPSA) is 74.8 Å². The summed E-state index contributed by atoms with van der Waals surface area (Å²) in [5.41, 5.74) is -0.617. The first kappa shape index (κ1) is 51.1. The Bertz CT molecular complexity index is 2380. The number of rotatable bonds is 19. The number of nitrogens with one attached hydrogen (secondary N) is 2. The van der Waals surface area contributed by atoms with E-state index in [4.69, 9.17) is 42.6 Å². The number of benzene rings is 4. The minimum atomic E-state index is -4.51. The van der Waals surface area contributed by atoms with Crippen molar-refractivity contribution in [2.45, 2.75) is 49.1 Å². The predicted molar refractivity (Wildman–Crippen MR) is 261 cm³/mol. The minimum absolute atomic E-state index is 0.128. The summed E-state index contributed by atoms with van der Waals surface area (Å²) >= 11 is 13.3. The van der Waals surface area contributed by atoms with E-state index in [0.29, 0.717) is 36.2 Å². The van der Waals surface area contributed by atoms with Crippen molar-refractivity contribution in [1.29, 1.82) is 0 Å². The zero-order valence-electron chi connectivity index (χ0n) is 38.5. The van der Waals surface area contributed by atoms with E-state index in [1.807, 2.05) is 84.9 Å². The molecule has 0 amide bonds. The van der Waals surface area contributed by atoms with Crippen molar-refractivity contribution in [2.75, 3.05) is 65.6 Å². The molecule has 0 bridgehead atoms. The number of nitrogens with zero attached hydrogens (tertiary/aromatic N) is 4. The highest BCUT2D eigenvalue weighted by molar-refractivity contribution is 6.30. The summed E-state index contributed by atoms with van der Waals surface area (Å²) in [6.45, 7) is 5.32. The number of alkyl halides is 6. The van der Waals surface area contributed by atoms with Crippen LogP contribution in [0.15, 0.2) is 146 Å². The van der Waals surface area contributed by atoms with Gasteiger partial charge in [0.1, 0.15) is 35.8 Å². The van der Waals surface area contributed by atoms with Crippen molar-refractivity contribution in [1.82, 2.24) is 30.4 Å². The molecule has 0 spiro atoms. The Morgan fingerprint density at radius 2 is 0.843 bits per heavy atom. The molecule has 2 N–H and O–H groups in total. The number of likely N-dealkylation sites (tertiary alicyclic amines) is 2. The first-order valence-corrected chi connectivity index (χ1v) is 24.4. The summed E-state index contributed by atoms with van der Waals surface area (Å²) in [4.78, 5) is 14.8. The van der Waals surface area contributed by atoms with Crippen molar-refractivity contribution >= 4 is 23.2 Å². The van der Waals surface area contributed by atoms with E-state index in [9.17, 15) is 26.3 Å². The molecule has 4 heterocycles. The monoisotopic (exact) mass is 1000 g/mol. The van der Waals surface area contributed by atoms with Gasteiger partial charge < -0.3 is 9.47 Å². The van der Waals surface area contributed by atoms with E-state index < -0.39 is 34.6 Å². The standard InChI is InChI=1S/C54H56Cl2F6N6O2/c55-43-19-15-41(16-20-43)51(49-13-5-7-27-63-49,65-37-39-23-29-67(30-24-39)33-35-69-47-11-3-1-9-45(47)53(57,58)59)52(50-14-6-8-28-64-50,42-17-21-44(56)22-18-42)66-38-40-25-31-68(32-26-40)34-36-70-48-12-4-2-10-46(48)54(60,61)62/h1-22,27-28,39-40,65-66H,23-26,29-38H2/t51-,52?/m0/s1. The largest absolute Gasteiger partial charge is 0.492 e. The number of hydrogen-bond donors (Lipinski definition) is 2. The second kappa shape index (κ2) is 22.9. The summed E-state index contributed by atoms with van der Waals surface area (Å²) in [5.74, 6) is 0.0777. The molecular formula is C54H56Cl2F6N6O2. The molecule has 2 atom stereocenters. The first-order chi connectivity index (χ1) is 33.8. The van der Waals surface area contributed by atoms with Gasteiger partial charge in [-0.3, -0.25) is 30.4 Å². The maximum absolute atomic E-state index is 13.7. The fourth-order valence-electron chi connectivity index (χ4n) is 9.98. The number of pyridine rings is 2. The van der Waals surface area contributed by atoms with Crippen LogP contribution in [-0.2, 0) is 23.4 Å². The van der Waals surface area contributed by atoms with E-state index in [2.05, 4.69) is 20.4 Å². The highest BCUT2D eigenvalue weighted by Crippen LogP contribution is 2.50. The van der Waals surface area contributed by atoms with Gasteiger partial charge in [0.25, 0.3) is 0 Å². The SMILES string of the molecule is FC(F)(F)c1ccccc1OCCN1CCC(CNC(c2ccc(Cl)cc2)(c2ccccn2)[C@](NCC2CCN(CCOc3ccccc3C(F)(F)F)CC2)(c2ccc(Cl)cc2)c2ccccn2)CC1. The molecule has 70 heavy (non-hydrogen) atoms. The molecule has 2 fully saturated rings. The van der Waals surface area contributed by atoms with Crippen LogP contribution in [0.2, 0.25) is 10.0 Å². The molecule has 4 aromatic carbocycles. The first-order valence-electron chi connectivity index (χ1n) is 23.6. The third-order valence-corrected chi connectivity index (χ3v) is 14.2. The van der Waals surface area contributed by atoms with Crippen LogP contribution in [0.1, 0.15) is 59.3 Å². The van der Waals surface area contributed by atoms with Gasteiger partial charge in [-0.2, -0.15) is 26.3 Å². The molecule has 1 unspecified atom stereocenters. The zero-order chi connectivity index (χ0) is 49.2. The van der Waals surface area contributed by atoms with Crippen LogP contribution in [0.25, 0.3) is 0 Å². The summed E-state index contributed by atoms with van der Waals surface area (Å²) in [6.07, 6.45) is -2.12. The highest BCUT2D eigenvalue weighted by atomic mass is 35.5. The van der Waals surface area contributed by atoms with Gasteiger partial charge in [0, 0.05) is 35.5 Å². The number of halogens is 8. The van der Waals surface area contributed by atoms with Crippen LogP contribution >= 0.6 is 23.2 Å². The van der Waals surface area contributed by atoms with Gasteiger partial charge >= 0.3 is 12.4 Å². The van der Waals surface area contributed by atoms with Crippen LogP contribution in [0.5, 0.6) is 11.5 Å². The third-order valence-electron chi connectivity index (χ3n) is 13.7. The highest BCUT2D eigenvalue weighted by Gasteiger charge is 2.58. The Morgan fingerprint density at radius 1 is 0.486 bits per heavy atom. The molecule has 8 rings (SSSR count). The van der Waals surface area contributed by atoms with Crippen LogP contribution in [-0.4, -0.2) is 85.3 Å². The Hall–Kier alpha value is -5.22. The lowest BCUT2D eigenvalue weighted by Crippen LogP contribution is -2.68. The van der Waals surface area contributed by atoms with Crippen LogP contribution in [0.3, 0.4) is 0 Å². The maximum atomic E-state index is 13.7. The number of hydrogen-bond acceptors (Lipinski definition) is 8. The lowest BCUT2D eigenvalue weighted by atomic mass is 9.63. The molecule has 6 aromatic rings. The molecule has 2 aliphatic heterocycles. The van der Waals surface area contributed by atoms with Crippen molar-refractivity contribution in [3.8, 4) is 11.5 Å². The fourth-order valence-corrected chi connectivity index (χ4v) is 10.2. The summed E-state index contributed by atoms with van der Waals surface area (Å²) in [5, 5.41) is 9.48. The van der Waals surface area contributed by atoms with Gasteiger partial charge in [0.05, 0.1) is 22.5 Å². The minimum Gasteiger partial charge on any atom is -0.492 e. The smallest absolute Gasteiger partial charge is 0.419 e. The average Bonchev–Trinajstić information content (AvgIpc) is 3.37.